The third-order valence-electron chi connectivity index (χ3n) is 3.58. The summed E-state index contributed by atoms with van der Waals surface area (Å²) in [6, 6.07) is 9.71. The van der Waals surface area contributed by atoms with E-state index in [9.17, 15) is 26.7 Å². The standard InChI is InChI=1S/C18H11F5N4O/c19-12-2-1-3-13(20)16(12)25-15-9-8-14(26-27-15)17(28)24-11-6-4-10(5-7-11)18(21,22)23/h1-9H,(H,24,28)(H,25,27). The molecular weight excluding hydrogens is 383 g/mol. The molecule has 0 aliphatic rings. The SMILES string of the molecule is O=C(Nc1ccc(C(F)(F)F)cc1)c1ccc(Nc2c(F)cccc2F)nn1. The molecule has 0 fully saturated rings. The molecule has 0 saturated carbocycles. The highest BCUT2D eigenvalue weighted by atomic mass is 19.4. The van der Waals surface area contributed by atoms with Crippen LogP contribution in [-0.2, 0) is 6.18 Å². The minimum atomic E-state index is -4.48. The number of nitrogens with one attached hydrogen (secondary N) is 2. The van der Waals surface area contributed by atoms with Crippen molar-refractivity contribution < 1.29 is 26.7 Å². The number of anilines is 3. The van der Waals surface area contributed by atoms with Gasteiger partial charge in [0.25, 0.3) is 5.91 Å². The molecule has 2 N–H and O–H groups in total. The van der Waals surface area contributed by atoms with Crippen molar-refractivity contribution in [3.63, 3.8) is 0 Å². The lowest BCUT2D eigenvalue weighted by Crippen LogP contribution is -2.15. The number of carbonyl (C=O) groups is 1. The van der Waals surface area contributed by atoms with Gasteiger partial charge in [0.15, 0.2) is 11.5 Å². The first-order valence-electron chi connectivity index (χ1n) is 7.77. The summed E-state index contributed by atoms with van der Waals surface area (Å²) < 4.78 is 64.8. The average molecular weight is 394 g/mol. The first kappa shape index (κ1) is 19.2. The van der Waals surface area contributed by atoms with Crippen molar-refractivity contribution in [3.8, 4) is 0 Å². The number of alkyl halides is 3. The monoisotopic (exact) mass is 394 g/mol. The Morgan fingerprint density at radius 3 is 2.04 bits per heavy atom. The fourth-order valence-electron chi connectivity index (χ4n) is 2.20. The summed E-state index contributed by atoms with van der Waals surface area (Å²) in [6.45, 7) is 0. The highest BCUT2D eigenvalue weighted by Crippen LogP contribution is 2.30. The Labute approximate surface area is 155 Å². The molecule has 0 aliphatic heterocycles. The number of hydrogen-bond acceptors (Lipinski definition) is 4. The first-order valence-corrected chi connectivity index (χ1v) is 7.77. The Bertz CT molecular complexity index is 968. The van der Waals surface area contributed by atoms with Crippen molar-refractivity contribution in [2.75, 3.05) is 10.6 Å². The predicted octanol–water partition coefficient (Wildman–Crippen LogP) is 4.77. The molecule has 0 aliphatic carbocycles. The third kappa shape index (κ3) is 4.40. The Hall–Kier alpha value is -3.56. The van der Waals surface area contributed by atoms with Gasteiger partial charge in [-0.25, -0.2) is 8.78 Å². The fraction of sp³-hybridized carbons (Fsp3) is 0.0556. The van der Waals surface area contributed by atoms with Gasteiger partial charge < -0.3 is 10.6 Å². The highest BCUT2D eigenvalue weighted by molar-refractivity contribution is 6.02. The van der Waals surface area contributed by atoms with Gasteiger partial charge in [-0.1, -0.05) is 6.07 Å². The molecule has 1 heterocycles. The molecule has 0 saturated heterocycles. The van der Waals surface area contributed by atoms with Gasteiger partial charge in [-0.2, -0.15) is 13.2 Å². The molecule has 0 bridgehead atoms. The summed E-state index contributed by atoms with van der Waals surface area (Å²) in [5, 5.41) is 12.1. The Balaban J connectivity index is 1.68. The van der Waals surface area contributed by atoms with Gasteiger partial charge in [0.1, 0.15) is 17.3 Å². The number of benzene rings is 2. The lowest BCUT2D eigenvalue weighted by Gasteiger charge is -2.09. The second kappa shape index (κ2) is 7.59. The predicted molar refractivity (Wildman–Crippen MR) is 91.1 cm³/mol. The maximum atomic E-state index is 13.6. The highest BCUT2D eigenvalue weighted by Gasteiger charge is 2.30. The first-order chi connectivity index (χ1) is 13.2. The summed E-state index contributed by atoms with van der Waals surface area (Å²) in [7, 11) is 0. The summed E-state index contributed by atoms with van der Waals surface area (Å²) in [5.41, 5.74) is -1.27. The second-order valence-electron chi connectivity index (χ2n) is 5.55. The molecule has 1 amide bonds. The Kier molecular flexibility index (Phi) is 5.21. The van der Waals surface area contributed by atoms with Crippen molar-refractivity contribution in [2.24, 2.45) is 0 Å². The van der Waals surface area contributed by atoms with Crippen LogP contribution in [0.5, 0.6) is 0 Å². The van der Waals surface area contributed by atoms with Crippen LogP contribution in [0, 0.1) is 11.6 Å². The number of amides is 1. The van der Waals surface area contributed by atoms with Crippen molar-refractivity contribution in [3.05, 3.63) is 77.5 Å². The van der Waals surface area contributed by atoms with E-state index in [0.717, 1.165) is 36.4 Å². The van der Waals surface area contributed by atoms with E-state index in [1.807, 2.05) is 0 Å². The number of para-hydroxylation sites is 1. The minimum Gasteiger partial charge on any atom is -0.334 e. The van der Waals surface area contributed by atoms with E-state index < -0.39 is 35.0 Å². The number of aromatic nitrogens is 2. The van der Waals surface area contributed by atoms with E-state index in [-0.39, 0.29) is 17.2 Å². The van der Waals surface area contributed by atoms with Gasteiger partial charge in [-0.3, -0.25) is 4.79 Å². The van der Waals surface area contributed by atoms with Crippen molar-refractivity contribution >= 4 is 23.1 Å². The lowest BCUT2D eigenvalue weighted by atomic mass is 10.2. The summed E-state index contributed by atoms with van der Waals surface area (Å²) in [5.74, 6) is -2.37. The zero-order chi connectivity index (χ0) is 20.3. The molecule has 3 aromatic rings. The maximum Gasteiger partial charge on any atom is 0.416 e. The van der Waals surface area contributed by atoms with Crippen LogP contribution in [0.1, 0.15) is 16.1 Å². The summed E-state index contributed by atoms with van der Waals surface area (Å²) in [4.78, 5) is 12.1. The van der Waals surface area contributed by atoms with Crippen molar-refractivity contribution in [2.45, 2.75) is 6.18 Å². The molecule has 1 aromatic heterocycles. The van der Waals surface area contributed by atoms with Gasteiger partial charge in [0, 0.05) is 5.69 Å². The third-order valence-corrected chi connectivity index (χ3v) is 3.58. The zero-order valence-electron chi connectivity index (χ0n) is 13.9. The van der Waals surface area contributed by atoms with E-state index in [4.69, 9.17) is 0 Å². The van der Waals surface area contributed by atoms with E-state index in [1.165, 1.54) is 18.2 Å². The molecule has 10 heteroatoms. The molecule has 0 radical (unpaired) electrons. The molecule has 0 spiro atoms. The summed E-state index contributed by atoms with van der Waals surface area (Å²) >= 11 is 0. The average Bonchev–Trinajstić information content (AvgIpc) is 2.65. The van der Waals surface area contributed by atoms with Crippen LogP contribution in [0.3, 0.4) is 0 Å². The molecule has 0 unspecified atom stereocenters. The van der Waals surface area contributed by atoms with E-state index in [0.29, 0.717) is 0 Å². The Morgan fingerprint density at radius 2 is 1.50 bits per heavy atom. The van der Waals surface area contributed by atoms with Crippen LogP contribution in [0.15, 0.2) is 54.6 Å². The van der Waals surface area contributed by atoms with Gasteiger partial charge >= 0.3 is 6.18 Å². The van der Waals surface area contributed by atoms with Gasteiger partial charge in [0.05, 0.1) is 5.56 Å². The van der Waals surface area contributed by atoms with E-state index in [2.05, 4.69) is 20.8 Å². The largest absolute Gasteiger partial charge is 0.416 e. The fourth-order valence-corrected chi connectivity index (χ4v) is 2.20. The molecular formula is C18H11F5N4O. The molecule has 5 nitrogen and oxygen atoms in total. The van der Waals surface area contributed by atoms with E-state index in [1.54, 1.807) is 0 Å². The van der Waals surface area contributed by atoms with Crippen LogP contribution in [0.25, 0.3) is 0 Å². The molecule has 3 rings (SSSR count). The van der Waals surface area contributed by atoms with Crippen LogP contribution in [-0.4, -0.2) is 16.1 Å². The van der Waals surface area contributed by atoms with Crippen LogP contribution >= 0.6 is 0 Å². The second-order valence-corrected chi connectivity index (χ2v) is 5.55. The topological polar surface area (TPSA) is 66.9 Å². The molecule has 28 heavy (non-hydrogen) atoms. The van der Waals surface area contributed by atoms with Crippen molar-refractivity contribution in [1.82, 2.24) is 10.2 Å². The molecule has 0 atom stereocenters. The quantitative estimate of drug-likeness (QED) is 0.626. The van der Waals surface area contributed by atoms with Gasteiger partial charge in [-0.15, -0.1) is 10.2 Å². The Morgan fingerprint density at radius 1 is 0.857 bits per heavy atom. The normalized spacial score (nSPS) is 11.2. The lowest BCUT2D eigenvalue weighted by molar-refractivity contribution is -0.137. The van der Waals surface area contributed by atoms with Crippen molar-refractivity contribution in [1.29, 1.82) is 0 Å². The smallest absolute Gasteiger partial charge is 0.334 e. The van der Waals surface area contributed by atoms with E-state index >= 15 is 0 Å². The molecule has 2 aromatic carbocycles. The molecule has 144 valence electrons. The number of halogens is 5. The minimum absolute atomic E-state index is 0.00456. The van der Waals surface area contributed by atoms with Crippen LogP contribution in [0.4, 0.5) is 39.1 Å². The van der Waals surface area contributed by atoms with Crippen LogP contribution < -0.4 is 10.6 Å². The van der Waals surface area contributed by atoms with Gasteiger partial charge in [-0.05, 0) is 48.5 Å². The maximum absolute atomic E-state index is 13.6. The summed E-state index contributed by atoms with van der Waals surface area (Å²) in [6.07, 6.45) is -4.48. The van der Waals surface area contributed by atoms with Gasteiger partial charge in [0.2, 0.25) is 0 Å². The number of rotatable bonds is 4. The number of nitrogens with zero attached hydrogens (tertiary/aromatic N) is 2. The number of hydrogen-bond donors (Lipinski definition) is 2. The zero-order valence-corrected chi connectivity index (χ0v) is 13.9. The number of carbonyl (C=O) groups excluding carboxylic acids is 1. The van der Waals surface area contributed by atoms with Crippen LogP contribution in [0.2, 0.25) is 0 Å².